The Kier molecular flexibility index (Phi) is 6.79. The summed E-state index contributed by atoms with van der Waals surface area (Å²) in [7, 11) is 0. The third-order valence-corrected chi connectivity index (χ3v) is 5.28. The largest absolute Gasteiger partial charge is 0.301 e. The highest BCUT2D eigenvalue weighted by atomic mass is 15.4. The Morgan fingerprint density at radius 2 is 1.15 bits per heavy atom. The number of nitrogens with zero attached hydrogens (tertiary/aromatic N) is 1. The van der Waals surface area contributed by atoms with Gasteiger partial charge in [-0.05, 0) is 32.1 Å². The molecule has 0 amide bonds. The first-order chi connectivity index (χ1) is 9.70. The highest BCUT2D eigenvalue weighted by Crippen LogP contribution is 2.27. The maximum Gasteiger partial charge on any atom is 0.121 e. The molecule has 0 radical (unpaired) electrons. The van der Waals surface area contributed by atoms with Gasteiger partial charge in [0, 0.05) is 12.6 Å². The van der Waals surface area contributed by atoms with Crippen LogP contribution >= 0.6 is 0 Å². The summed E-state index contributed by atoms with van der Waals surface area (Å²) in [5, 5.41) is 0. The second-order valence-corrected chi connectivity index (χ2v) is 7.05. The van der Waals surface area contributed by atoms with E-state index < -0.39 is 5.79 Å². The molecule has 2 rings (SSSR count). The molecule has 20 heavy (non-hydrogen) atoms. The Hall–Kier alpha value is -0.120. The molecule has 118 valence electrons. The van der Waals surface area contributed by atoms with E-state index in [0.29, 0.717) is 6.04 Å². The van der Waals surface area contributed by atoms with Crippen LogP contribution in [0.1, 0.15) is 89.9 Å². The van der Waals surface area contributed by atoms with Crippen molar-refractivity contribution in [2.45, 2.75) is 102 Å². The Balaban J connectivity index is 2.02. The number of nitrogens with two attached hydrogens (primary N) is 2. The molecule has 0 aromatic heterocycles. The average molecular weight is 281 g/mol. The van der Waals surface area contributed by atoms with Crippen LogP contribution in [0.4, 0.5) is 0 Å². The summed E-state index contributed by atoms with van der Waals surface area (Å²) < 4.78 is 0. The van der Waals surface area contributed by atoms with Crippen LogP contribution in [0.3, 0.4) is 0 Å². The smallest absolute Gasteiger partial charge is 0.121 e. The van der Waals surface area contributed by atoms with Gasteiger partial charge in [0.1, 0.15) is 5.79 Å². The molecule has 0 aromatic carbocycles. The van der Waals surface area contributed by atoms with Gasteiger partial charge in [-0.25, -0.2) is 0 Å². The van der Waals surface area contributed by atoms with Gasteiger partial charge in [-0.2, -0.15) is 0 Å². The molecule has 1 saturated heterocycles. The van der Waals surface area contributed by atoms with Crippen LogP contribution in [0.2, 0.25) is 0 Å². The molecule has 2 aliphatic rings. The van der Waals surface area contributed by atoms with Gasteiger partial charge in [0.15, 0.2) is 0 Å². The Bertz CT molecular complexity index is 255. The third kappa shape index (κ3) is 5.01. The molecule has 0 unspecified atom stereocenters. The van der Waals surface area contributed by atoms with Crippen LogP contribution in [0, 0.1) is 0 Å². The molecule has 0 aromatic rings. The fraction of sp³-hybridized carbons (Fsp3) is 1.00. The van der Waals surface area contributed by atoms with Crippen LogP contribution in [0.25, 0.3) is 0 Å². The topological polar surface area (TPSA) is 55.3 Å². The normalized spacial score (nSPS) is 28.5. The summed E-state index contributed by atoms with van der Waals surface area (Å²) in [4.78, 5) is 2.49. The van der Waals surface area contributed by atoms with Crippen molar-refractivity contribution in [1.29, 1.82) is 0 Å². The van der Waals surface area contributed by atoms with Gasteiger partial charge in [0.05, 0.1) is 0 Å². The Morgan fingerprint density at radius 3 is 1.80 bits per heavy atom. The molecule has 0 spiro atoms. The lowest BCUT2D eigenvalue weighted by Gasteiger charge is -2.43. The van der Waals surface area contributed by atoms with Crippen molar-refractivity contribution in [2.75, 3.05) is 6.54 Å². The van der Waals surface area contributed by atoms with E-state index in [1.54, 1.807) is 0 Å². The van der Waals surface area contributed by atoms with Crippen molar-refractivity contribution in [3.8, 4) is 0 Å². The Morgan fingerprint density at radius 1 is 0.650 bits per heavy atom. The van der Waals surface area contributed by atoms with Crippen LogP contribution in [-0.2, 0) is 0 Å². The van der Waals surface area contributed by atoms with Crippen LogP contribution in [-0.4, -0.2) is 23.3 Å². The maximum atomic E-state index is 6.52. The Labute approximate surface area is 125 Å². The molecule has 4 N–H and O–H groups in total. The molecular weight excluding hydrogens is 246 g/mol. The lowest BCUT2D eigenvalue weighted by atomic mass is 9.99. The van der Waals surface area contributed by atoms with Crippen LogP contribution < -0.4 is 11.5 Å². The SMILES string of the molecule is NC1(N)CCCCCCCN1C1CCCCCCCC1. The van der Waals surface area contributed by atoms with E-state index in [4.69, 9.17) is 11.5 Å². The lowest BCUT2D eigenvalue weighted by Crippen LogP contribution is -2.66. The number of hydrogen-bond donors (Lipinski definition) is 2. The van der Waals surface area contributed by atoms with Gasteiger partial charge < -0.3 is 11.5 Å². The monoisotopic (exact) mass is 281 g/mol. The van der Waals surface area contributed by atoms with E-state index in [2.05, 4.69) is 4.90 Å². The summed E-state index contributed by atoms with van der Waals surface area (Å²) in [6.45, 7) is 1.11. The molecule has 3 heteroatoms. The van der Waals surface area contributed by atoms with Crippen molar-refractivity contribution in [3.63, 3.8) is 0 Å². The predicted octanol–water partition coefficient (Wildman–Crippen LogP) is 3.72. The van der Waals surface area contributed by atoms with E-state index >= 15 is 0 Å². The first-order valence-electron chi connectivity index (χ1n) is 9.05. The van der Waals surface area contributed by atoms with Gasteiger partial charge in [0.25, 0.3) is 0 Å². The van der Waals surface area contributed by atoms with E-state index in [-0.39, 0.29) is 0 Å². The summed E-state index contributed by atoms with van der Waals surface area (Å²) in [6.07, 6.45) is 18.4. The molecule has 1 aliphatic carbocycles. The zero-order valence-corrected chi connectivity index (χ0v) is 13.3. The lowest BCUT2D eigenvalue weighted by molar-refractivity contribution is 0.0324. The summed E-state index contributed by atoms with van der Waals surface area (Å²) in [5.74, 6) is -0.566. The molecule has 1 saturated carbocycles. The van der Waals surface area contributed by atoms with Crippen molar-refractivity contribution in [1.82, 2.24) is 4.90 Å². The summed E-state index contributed by atoms with van der Waals surface area (Å²) in [6, 6.07) is 0.626. The quantitative estimate of drug-likeness (QED) is 0.720. The summed E-state index contributed by atoms with van der Waals surface area (Å²) >= 11 is 0. The minimum Gasteiger partial charge on any atom is -0.301 e. The van der Waals surface area contributed by atoms with Gasteiger partial charge >= 0.3 is 0 Å². The van der Waals surface area contributed by atoms with Crippen LogP contribution in [0.5, 0.6) is 0 Å². The van der Waals surface area contributed by atoms with Crippen LogP contribution in [0.15, 0.2) is 0 Å². The van der Waals surface area contributed by atoms with Gasteiger partial charge in [0.2, 0.25) is 0 Å². The molecule has 3 nitrogen and oxygen atoms in total. The molecule has 1 aliphatic heterocycles. The molecular formula is C17H35N3. The van der Waals surface area contributed by atoms with Crippen molar-refractivity contribution in [2.24, 2.45) is 11.5 Å². The highest BCUT2D eigenvalue weighted by Gasteiger charge is 2.33. The van der Waals surface area contributed by atoms with E-state index in [9.17, 15) is 0 Å². The second-order valence-electron chi connectivity index (χ2n) is 7.05. The van der Waals surface area contributed by atoms with E-state index in [1.165, 1.54) is 83.5 Å². The molecule has 0 atom stereocenters. The van der Waals surface area contributed by atoms with E-state index in [0.717, 1.165) is 13.0 Å². The van der Waals surface area contributed by atoms with Crippen molar-refractivity contribution >= 4 is 0 Å². The van der Waals surface area contributed by atoms with Gasteiger partial charge in [-0.15, -0.1) is 0 Å². The number of rotatable bonds is 1. The second kappa shape index (κ2) is 8.35. The third-order valence-electron chi connectivity index (χ3n) is 5.28. The average Bonchev–Trinajstić information content (AvgIpc) is 2.59. The first kappa shape index (κ1) is 16.3. The molecule has 2 fully saturated rings. The zero-order valence-electron chi connectivity index (χ0n) is 13.3. The minimum atomic E-state index is -0.566. The standard InChI is InChI=1S/C17H35N3/c18-17(19)14-10-6-3-7-11-15-20(17)16-12-8-4-1-2-5-9-13-16/h16H,1-15,18-19H2. The molecule has 1 heterocycles. The molecule has 0 bridgehead atoms. The van der Waals surface area contributed by atoms with Gasteiger partial charge in [-0.1, -0.05) is 57.8 Å². The fourth-order valence-electron chi connectivity index (χ4n) is 4.02. The predicted molar refractivity (Wildman–Crippen MR) is 86.2 cm³/mol. The number of hydrogen-bond acceptors (Lipinski definition) is 3. The minimum absolute atomic E-state index is 0.566. The van der Waals surface area contributed by atoms with Crippen molar-refractivity contribution < 1.29 is 0 Å². The zero-order chi connectivity index (χ0) is 14.3. The highest BCUT2D eigenvalue weighted by molar-refractivity contribution is 4.86. The van der Waals surface area contributed by atoms with Gasteiger partial charge in [-0.3, -0.25) is 4.90 Å². The maximum absolute atomic E-state index is 6.52. The van der Waals surface area contributed by atoms with Crippen molar-refractivity contribution in [3.05, 3.63) is 0 Å². The fourth-order valence-corrected chi connectivity index (χ4v) is 4.02. The first-order valence-corrected chi connectivity index (χ1v) is 9.05. The summed E-state index contributed by atoms with van der Waals surface area (Å²) in [5.41, 5.74) is 13.0. The van der Waals surface area contributed by atoms with E-state index in [1.807, 2.05) is 0 Å².